The van der Waals surface area contributed by atoms with Gasteiger partial charge in [-0.1, -0.05) is 48.6 Å². The lowest BCUT2D eigenvalue weighted by atomic mass is 9.80. The van der Waals surface area contributed by atoms with Crippen molar-refractivity contribution < 1.29 is 0 Å². The standard InChI is InChI=1S/C12H12/c1-7-10-5-3-9-4-6-11(10)8(2)12(7)9/h3-6,9-12H,1-2H2. The predicted octanol–water partition coefficient (Wildman–Crippen LogP) is 2.72. The van der Waals surface area contributed by atoms with Gasteiger partial charge in [-0.05, 0) is 0 Å². The molecule has 0 heterocycles. The Labute approximate surface area is 73.0 Å². The second-order valence-electron chi connectivity index (χ2n) is 4.03. The summed E-state index contributed by atoms with van der Waals surface area (Å²) in [5.74, 6) is 2.27. The highest BCUT2D eigenvalue weighted by molar-refractivity contribution is 5.46. The molecule has 0 spiro atoms. The van der Waals surface area contributed by atoms with Gasteiger partial charge in [0, 0.05) is 23.7 Å². The van der Waals surface area contributed by atoms with Crippen molar-refractivity contribution in [2.45, 2.75) is 0 Å². The lowest BCUT2D eigenvalue weighted by Crippen LogP contribution is -2.14. The third kappa shape index (κ3) is 0.523. The maximum absolute atomic E-state index is 4.18. The third-order valence-corrected chi connectivity index (χ3v) is 3.51. The van der Waals surface area contributed by atoms with Crippen LogP contribution in [0.25, 0.3) is 0 Å². The number of fused-ring (bicyclic) bond motifs is 3. The molecule has 0 aromatic heterocycles. The van der Waals surface area contributed by atoms with Gasteiger partial charge in [0.1, 0.15) is 0 Å². The lowest BCUT2D eigenvalue weighted by molar-refractivity contribution is 0.604. The van der Waals surface area contributed by atoms with E-state index in [1.54, 1.807) is 0 Å². The fraction of sp³-hybridized carbons (Fsp3) is 0.333. The molecule has 0 aromatic carbocycles. The van der Waals surface area contributed by atoms with E-state index >= 15 is 0 Å². The monoisotopic (exact) mass is 156 g/mol. The third-order valence-electron chi connectivity index (χ3n) is 3.51. The molecule has 2 unspecified atom stereocenters. The van der Waals surface area contributed by atoms with Crippen LogP contribution in [0, 0.1) is 23.7 Å². The van der Waals surface area contributed by atoms with Crippen molar-refractivity contribution in [3.63, 3.8) is 0 Å². The molecule has 3 aliphatic rings. The minimum Gasteiger partial charge on any atom is -0.0986 e. The van der Waals surface area contributed by atoms with Gasteiger partial charge in [0.05, 0.1) is 0 Å². The summed E-state index contributed by atoms with van der Waals surface area (Å²) in [5, 5.41) is 0. The molecule has 0 heteroatoms. The second kappa shape index (κ2) is 1.82. The van der Waals surface area contributed by atoms with Crippen molar-refractivity contribution in [2.24, 2.45) is 23.7 Å². The molecule has 0 aliphatic heterocycles. The van der Waals surface area contributed by atoms with E-state index in [-0.39, 0.29) is 0 Å². The highest BCUT2D eigenvalue weighted by Crippen LogP contribution is 2.54. The molecule has 1 saturated carbocycles. The zero-order chi connectivity index (χ0) is 8.29. The van der Waals surface area contributed by atoms with Gasteiger partial charge < -0.3 is 0 Å². The number of rotatable bonds is 0. The van der Waals surface area contributed by atoms with Crippen molar-refractivity contribution in [2.75, 3.05) is 0 Å². The van der Waals surface area contributed by atoms with Gasteiger partial charge in [0.15, 0.2) is 0 Å². The Morgan fingerprint density at radius 3 is 1.83 bits per heavy atom. The molecule has 3 aliphatic carbocycles. The smallest absolute Gasteiger partial charge is 0.0112 e. The van der Waals surface area contributed by atoms with Crippen molar-refractivity contribution in [1.82, 2.24) is 0 Å². The Morgan fingerprint density at radius 1 is 0.833 bits per heavy atom. The van der Waals surface area contributed by atoms with Gasteiger partial charge >= 0.3 is 0 Å². The summed E-state index contributed by atoms with van der Waals surface area (Å²) in [6.45, 7) is 8.36. The van der Waals surface area contributed by atoms with Crippen LogP contribution in [-0.2, 0) is 0 Å². The Balaban J connectivity index is 2.28. The molecular weight excluding hydrogens is 144 g/mol. The molecular formula is C12H12. The summed E-state index contributed by atoms with van der Waals surface area (Å²) in [6.07, 6.45) is 9.26. The van der Waals surface area contributed by atoms with Crippen molar-refractivity contribution in [1.29, 1.82) is 0 Å². The maximum Gasteiger partial charge on any atom is 0.0112 e. The van der Waals surface area contributed by atoms with E-state index in [1.807, 2.05) is 0 Å². The number of hydrogen-bond acceptors (Lipinski definition) is 0. The van der Waals surface area contributed by atoms with Gasteiger partial charge in [-0.15, -0.1) is 0 Å². The Hall–Kier alpha value is -1.04. The molecule has 0 aromatic rings. The Morgan fingerprint density at radius 2 is 1.33 bits per heavy atom. The molecule has 2 atom stereocenters. The first-order chi connectivity index (χ1) is 5.79. The maximum atomic E-state index is 4.18. The zero-order valence-electron chi connectivity index (χ0n) is 7.03. The van der Waals surface area contributed by atoms with Crippen molar-refractivity contribution >= 4 is 0 Å². The molecule has 0 radical (unpaired) electrons. The summed E-state index contributed by atoms with van der Waals surface area (Å²) < 4.78 is 0. The first kappa shape index (κ1) is 6.47. The molecule has 60 valence electrons. The summed E-state index contributed by atoms with van der Waals surface area (Å²) >= 11 is 0. The van der Waals surface area contributed by atoms with Crippen LogP contribution in [0.3, 0.4) is 0 Å². The number of allylic oxidation sites excluding steroid dienone is 6. The van der Waals surface area contributed by atoms with Crippen molar-refractivity contribution in [3.05, 3.63) is 48.6 Å². The van der Waals surface area contributed by atoms with Gasteiger partial charge in [0.25, 0.3) is 0 Å². The first-order valence-electron chi connectivity index (χ1n) is 4.53. The average Bonchev–Trinajstić information content (AvgIpc) is 2.33. The molecule has 3 rings (SSSR count). The first-order valence-corrected chi connectivity index (χ1v) is 4.53. The van der Waals surface area contributed by atoms with Gasteiger partial charge in [-0.25, -0.2) is 0 Å². The second-order valence-corrected chi connectivity index (χ2v) is 4.03. The topological polar surface area (TPSA) is 0 Å². The highest BCUT2D eigenvalue weighted by Gasteiger charge is 2.45. The lowest BCUT2D eigenvalue weighted by Gasteiger charge is -2.24. The van der Waals surface area contributed by atoms with Gasteiger partial charge in [-0.2, -0.15) is 0 Å². The van der Waals surface area contributed by atoms with Crippen LogP contribution in [0.4, 0.5) is 0 Å². The molecule has 3 bridgehead atoms. The van der Waals surface area contributed by atoms with E-state index in [1.165, 1.54) is 11.1 Å². The number of hydrogen-bond donors (Lipinski definition) is 0. The Kier molecular flexibility index (Phi) is 0.982. The minimum atomic E-state index is 0.565. The normalized spacial score (nSPS) is 47.7. The average molecular weight is 156 g/mol. The summed E-state index contributed by atoms with van der Waals surface area (Å²) in [4.78, 5) is 0. The van der Waals surface area contributed by atoms with E-state index in [0.29, 0.717) is 23.7 Å². The molecule has 0 amide bonds. The summed E-state index contributed by atoms with van der Waals surface area (Å²) in [7, 11) is 0. The SMILES string of the molecule is C=C1C2C=CC3C=CC2C(=C)C13. The fourth-order valence-electron chi connectivity index (χ4n) is 2.88. The van der Waals surface area contributed by atoms with Crippen LogP contribution in [0.1, 0.15) is 0 Å². The highest BCUT2D eigenvalue weighted by atomic mass is 14.5. The van der Waals surface area contributed by atoms with E-state index in [9.17, 15) is 0 Å². The summed E-state index contributed by atoms with van der Waals surface area (Å²) in [5.41, 5.74) is 2.78. The fourth-order valence-corrected chi connectivity index (χ4v) is 2.88. The van der Waals surface area contributed by atoms with Crippen LogP contribution >= 0.6 is 0 Å². The van der Waals surface area contributed by atoms with E-state index in [4.69, 9.17) is 0 Å². The molecule has 0 saturated heterocycles. The predicted molar refractivity (Wildman–Crippen MR) is 50.5 cm³/mol. The van der Waals surface area contributed by atoms with Crippen LogP contribution < -0.4 is 0 Å². The van der Waals surface area contributed by atoms with E-state index in [0.717, 1.165) is 0 Å². The molecule has 0 N–H and O–H groups in total. The van der Waals surface area contributed by atoms with Crippen LogP contribution in [0.2, 0.25) is 0 Å². The quantitative estimate of drug-likeness (QED) is 0.473. The Bertz CT molecular complexity index is 298. The van der Waals surface area contributed by atoms with E-state index in [2.05, 4.69) is 37.5 Å². The summed E-state index contributed by atoms with van der Waals surface area (Å²) in [6, 6.07) is 0. The van der Waals surface area contributed by atoms with Crippen LogP contribution in [0.15, 0.2) is 48.6 Å². The largest absolute Gasteiger partial charge is 0.0986 e. The molecule has 1 fully saturated rings. The van der Waals surface area contributed by atoms with Crippen LogP contribution in [-0.4, -0.2) is 0 Å². The molecule has 12 heavy (non-hydrogen) atoms. The van der Waals surface area contributed by atoms with Crippen molar-refractivity contribution in [3.8, 4) is 0 Å². The minimum absolute atomic E-state index is 0.565. The van der Waals surface area contributed by atoms with Gasteiger partial charge in [0.2, 0.25) is 0 Å². The van der Waals surface area contributed by atoms with Crippen LogP contribution in [0.5, 0.6) is 0 Å². The molecule has 0 nitrogen and oxygen atoms in total. The van der Waals surface area contributed by atoms with E-state index < -0.39 is 0 Å². The van der Waals surface area contributed by atoms with Gasteiger partial charge in [-0.3, -0.25) is 0 Å². The zero-order valence-corrected chi connectivity index (χ0v) is 7.03.